The van der Waals surface area contributed by atoms with Gasteiger partial charge in [0.05, 0.1) is 11.3 Å². The highest BCUT2D eigenvalue weighted by atomic mass is 32.2. The summed E-state index contributed by atoms with van der Waals surface area (Å²) in [4.78, 5) is 24.4. The van der Waals surface area contributed by atoms with Gasteiger partial charge in [-0.25, -0.2) is 4.98 Å². The van der Waals surface area contributed by atoms with E-state index in [1.165, 1.54) is 11.3 Å². The van der Waals surface area contributed by atoms with E-state index in [0.29, 0.717) is 6.54 Å². The maximum Gasteiger partial charge on any atom is 0.256 e. The van der Waals surface area contributed by atoms with Crippen LogP contribution < -0.4 is 10.5 Å². The lowest BCUT2D eigenvalue weighted by Crippen LogP contribution is -2.35. The summed E-state index contributed by atoms with van der Waals surface area (Å²) in [6.45, 7) is 4.78. The molecule has 0 atom stereocenters. The molecule has 6 heteroatoms. The van der Waals surface area contributed by atoms with Crippen LogP contribution in [-0.2, 0) is 18.7 Å². The predicted molar refractivity (Wildman–Crippen MR) is 99.8 cm³/mol. The third-order valence-corrected chi connectivity index (χ3v) is 5.33. The van der Waals surface area contributed by atoms with E-state index in [2.05, 4.69) is 33.8 Å². The van der Waals surface area contributed by atoms with Crippen molar-refractivity contribution < 1.29 is 0 Å². The summed E-state index contributed by atoms with van der Waals surface area (Å²) in [5.41, 5.74) is 4.25. The molecule has 2 aromatic rings. The van der Waals surface area contributed by atoms with Crippen molar-refractivity contribution in [2.75, 3.05) is 32.1 Å². The Morgan fingerprint density at radius 2 is 2.12 bits per heavy atom. The number of aromatic amines is 1. The summed E-state index contributed by atoms with van der Waals surface area (Å²) in [5.74, 6) is 0.789. The van der Waals surface area contributed by atoms with Gasteiger partial charge < -0.3 is 9.88 Å². The molecule has 3 rings (SSSR count). The highest BCUT2D eigenvalue weighted by Gasteiger charge is 2.20. The van der Waals surface area contributed by atoms with E-state index in [1.54, 1.807) is 11.8 Å². The van der Waals surface area contributed by atoms with Crippen LogP contribution >= 0.6 is 11.8 Å². The van der Waals surface area contributed by atoms with E-state index in [1.807, 2.05) is 26.2 Å². The number of para-hydroxylation sites is 1. The van der Waals surface area contributed by atoms with E-state index in [0.717, 1.165) is 41.7 Å². The third-order valence-electron chi connectivity index (χ3n) is 4.41. The number of fused-ring (bicyclic) bond motifs is 1. The van der Waals surface area contributed by atoms with Crippen LogP contribution in [0.5, 0.6) is 0 Å². The molecule has 1 aromatic carbocycles. The zero-order valence-electron chi connectivity index (χ0n) is 14.5. The van der Waals surface area contributed by atoms with Gasteiger partial charge in [-0.1, -0.05) is 36.9 Å². The minimum Gasteiger partial charge on any atom is -0.377 e. The van der Waals surface area contributed by atoms with Crippen LogP contribution in [0.15, 0.2) is 34.2 Å². The lowest BCUT2D eigenvalue weighted by atomic mass is 10.1. The summed E-state index contributed by atoms with van der Waals surface area (Å²) in [6, 6.07) is 8.32. The van der Waals surface area contributed by atoms with Crippen molar-refractivity contribution >= 4 is 17.4 Å². The van der Waals surface area contributed by atoms with E-state index in [4.69, 9.17) is 4.98 Å². The van der Waals surface area contributed by atoms with Crippen molar-refractivity contribution in [1.82, 2.24) is 14.9 Å². The molecule has 0 saturated carbocycles. The van der Waals surface area contributed by atoms with Gasteiger partial charge in [0.1, 0.15) is 0 Å². The van der Waals surface area contributed by atoms with Crippen LogP contribution in [0, 0.1) is 0 Å². The zero-order chi connectivity index (χ0) is 17.1. The minimum atomic E-state index is 0.0153. The summed E-state index contributed by atoms with van der Waals surface area (Å²) in [6.07, 6.45) is 0.856. The fourth-order valence-electron chi connectivity index (χ4n) is 3.01. The van der Waals surface area contributed by atoms with Crippen molar-refractivity contribution in [2.45, 2.75) is 30.8 Å². The lowest BCUT2D eigenvalue weighted by molar-refractivity contribution is 0.263. The molecule has 0 radical (unpaired) electrons. The molecule has 1 aromatic heterocycles. The van der Waals surface area contributed by atoms with Crippen molar-refractivity contribution in [1.29, 1.82) is 0 Å². The minimum absolute atomic E-state index is 0.0153. The number of nitrogens with zero attached hydrogens (tertiary/aromatic N) is 3. The van der Waals surface area contributed by atoms with Crippen molar-refractivity contribution in [2.24, 2.45) is 0 Å². The van der Waals surface area contributed by atoms with Crippen LogP contribution in [0.3, 0.4) is 0 Å². The molecule has 5 nitrogen and oxygen atoms in total. The molecule has 128 valence electrons. The normalized spacial score (nSPS) is 14.5. The van der Waals surface area contributed by atoms with Gasteiger partial charge in [-0.3, -0.25) is 9.69 Å². The summed E-state index contributed by atoms with van der Waals surface area (Å²) in [5, 5.41) is 0.720. The second kappa shape index (κ2) is 7.40. The van der Waals surface area contributed by atoms with Crippen LogP contribution in [0.2, 0.25) is 0 Å². The van der Waals surface area contributed by atoms with E-state index in [9.17, 15) is 4.79 Å². The number of anilines is 1. The maximum atomic E-state index is 12.4. The molecule has 0 saturated heterocycles. The molecule has 1 aliphatic heterocycles. The molecule has 0 fully saturated rings. The third kappa shape index (κ3) is 3.65. The highest BCUT2D eigenvalue weighted by molar-refractivity contribution is 7.98. The van der Waals surface area contributed by atoms with E-state index < -0.39 is 0 Å². The maximum absolute atomic E-state index is 12.4. The number of likely N-dealkylation sites (N-methyl/N-ethyl adjacent to an activating group) is 1. The number of aromatic nitrogens is 2. The Morgan fingerprint density at radius 1 is 1.33 bits per heavy atom. The predicted octanol–water partition coefficient (Wildman–Crippen LogP) is 2.51. The number of hydrogen-bond acceptors (Lipinski definition) is 5. The van der Waals surface area contributed by atoms with Crippen molar-refractivity contribution in [3.05, 3.63) is 51.4 Å². The largest absolute Gasteiger partial charge is 0.377 e. The average Bonchev–Trinajstić information content (AvgIpc) is 2.60. The second-order valence-corrected chi connectivity index (χ2v) is 7.19. The Kier molecular flexibility index (Phi) is 5.26. The molecule has 0 unspecified atom stereocenters. The van der Waals surface area contributed by atoms with Crippen LogP contribution in [-0.4, -0.2) is 42.1 Å². The first-order valence-corrected chi connectivity index (χ1v) is 9.29. The molecule has 1 N–H and O–H groups in total. The topological polar surface area (TPSA) is 52.2 Å². The van der Waals surface area contributed by atoms with Crippen molar-refractivity contribution in [3.63, 3.8) is 0 Å². The first kappa shape index (κ1) is 17.0. The first-order chi connectivity index (χ1) is 11.6. The molecule has 0 bridgehead atoms. The fourth-order valence-corrected chi connectivity index (χ4v) is 3.89. The van der Waals surface area contributed by atoms with Gasteiger partial charge in [-0.2, -0.15) is 0 Å². The molecule has 2 heterocycles. The summed E-state index contributed by atoms with van der Waals surface area (Å²) in [7, 11) is 4.09. The molecule has 1 aliphatic rings. The smallest absolute Gasteiger partial charge is 0.256 e. The Hall–Kier alpha value is -1.79. The van der Waals surface area contributed by atoms with E-state index >= 15 is 0 Å². The van der Waals surface area contributed by atoms with Gasteiger partial charge in [0.25, 0.3) is 5.56 Å². The van der Waals surface area contributed by atoms with Gasteiger partial charge in [0.15, 0.2) is 5.16 Å². The number of thioether (sulfide) groups is 1. The number of nitrogens with one attached hydrogen (secondary N) is 1. The van der Waals surface area contributed by atoms with Crippen LogP contribution in [0.4, 0.5) is 5.69 Å². The van der Waals surface area contributed by atoms with E-state index in [-0.39, 0.29) is 5.56 Å². The fraction of sp³-hybridized carbons (Fsp3) is 0.444. The average molecular weight is 344 g/mol. The standard InChI is InChI=1S/C18H24N4OS/c1-4-22-10-9-15-14(11-22)17(23)20-18(19-15)24-12-13-7-5-6-8-16(13)21(2)3/h5-8H,4,9-12H2,1-3H3,(H,19,20,23). The highest BCUT2D eigenvalue weighted by Crippen LogP contribution is 2.26. The Bertz CT molecular complexity index is 772. The Balaban J connectivity index is 1.78. The first-order valence-electron chi connectivity index (χ1n) is 8.31. The summed E-state index contributed by atoms with van der Waals surface area (Å²) < 4.78 is 0. The van der Waals surface area contributed by atoms with Gasteiger partial charge in [-0.05, 0) is 18.2 Å². The number of benzene rings is 1. The molecule has 0 spiro atoms. The van der Waals surface area contributed by atoms with Crippen molar-refractivity contribution in [3.8, 4) is 0 Å². The molecule has 24 heavy (non-hydrogen) atoms. The molecular weight excluding hydrogens is 320 g/mol. The van der Waals surface area contributed by atoms with Gasteiger partial charge in [0, 0.05) is 45.0 Å². The van der Waals surface area contributed by atoms with Gasteiger partial charge in [0.2, 0.25) is 0 Å². The summed E-state index contributed by atoms with van der Waals surface area (Å²) >= 11 is 1.59. The van der Waals surface area contributed by atoms with Crippen LogP contribution in [0.25, 0.3) is 0 Å². The molecule has 0 aliphatic carbocycles. The molecule has 0 amide bonds. The quantitative estimate of drug-likeness (QED) is 0.667. The molecular formula is C18H24N4OS. The van der Waals surface area contributed by atoms with Gasteiger partial charge >= 0.3 is 0 Å². The lowest BCUT2D eigenvalue weighted by Gasteiger charge is -2.26. The SMILES string of the molecule is CCN1CCc2nc(SCc3ccccc3N(C)C)[nH]c(=O)c2C1. The zero-order valence-corrected chi connectivity index (χ0v) is 15.3. The number of hydrogen-bond donors (Lipinski definition) is 1. The Labute approximate surface area is 147 Å². The monoisotopic (exact) mass is 344 g/mol. The second-order valence-electron chi connectivity index (χ2n) is 6.23. The Morgan fingerprint density at radius 3 is 2.88 bits per heavy atom. The van der Waals surface area contributed by atoms with Crippen LogP contribution in [0.1, 0.15) is 23.7 Å². The number of H-pyrrole nitrogens is 1. The van der Waals surface area contributed by atoms with Gasteiger partial charge in [-0.15, -0.1) is 0 Å². The number of rotatable bonds is 5.